The van der Waals surface area contributed by atoms with Crippen LogP contribution in [0.4, 0.5) is 0 Å². The Kier molecular flexibility index (Phi) is 3.02. The van der Waals surface area contributed by atoms with Gasteiger partial charge in [-0.15, -0.1) is 0 Å². The summed E-state index contributed by atoms with van der Waals surface area (Å²) in [5, 5.41) is 3.16. The fourth-order valence-corrected chi connectivity index (χ4v) is 1.33. The Morgan fingerprint density at radius 2 is 2.55 bits per heavy atom. The molecule has 1 rings (SSSR count). The lowest BCUT2D eigenvalue weighted by molar-refractivity contribution is -0.118. The lowest BCUT2D eigenvalue weighted by Crippen LogP contribution is -2.31. The average Bonchev–Trinajstić information content (AvgIpc) is 2.50. The molecule has 64 valence electrons. The van der Waals surface area contributed by atoms with Crippen LogP contribution in [0.15, 0.2) is 0 Å². The van der Waals surface area contributed by atoms with E-state index >= 15 is 0 Å². The van der Waals surface area contributed by atoms with Crippen molar-refractivity contribution in [2.75, 3.05) is 26.3 Å². The first kappa shape index (κ1) is 8.68. The molecule has 3 heteroatoms. The number of rotatable bonds is 4. The van der Waals surface area contributed by atoms with Crippen molar-refractivity contribution in [2.45, 2.75) is 13.3 Å². The molecule has 0 saturated carbocycles. The van der Waals surface area contributed by atoms with Gasteiger partial charge in [0, 0.05) is 13.2 Å². The normalized spacial score (nSPS) is 30.6. The first-order valence-electron chi connectivity index (χ1n) is 4.08. The van der Waals surface area contributed by atoms with Gasteiger partial charge in [0.15, 0.2) is 0 Å². The first-order valence-corrected chi connectivity index (χ1v) is 4.08. The van der Waals surface area contributed by atoms with Gasteiger partial charge >= 0.3 is 0 Å². The summed E-state index contributed by atoms with van der Waals surface area (Å²) in [6.45, 7) is 4.92. The molecule has 0 aromatic heterocycles. The van der Waals surface area contributed by atoms with E-state index in [-0.39, 0.29) is 5.41 Å². The molecule has 0 radical (unpaired) electrons. The second-order valence-electron chi connectivity index (χ2n) is 3.04. The van der Waals surface area contributed by atoms with Crippen molar-refractivity contribution < 1.29 is 9.53 Å². The van der Waals surface area contributed by atoms with Gasteiger partial charge < -0.3 is 14.8 Å². The van der Waals surface area contributed by atoms with E-state index in [1.807, 2.05) is 6.92 Å². The van der Waals surface area contributed by atoms with Crippen molar-refractivity contribution in [3.05, 3.63) is 0 Å². The van der Waals surface area contributed by atoms with Crippen molar-refractivity contribution in [1.29, 1.82) is 0 Å². The molecule has 0 aromatic rings. The predicted octanol–water partition coefficient (Wildman–Crippen LogP) is 0.201. The van der Waals surface area contributed by atoms with Crippen LogP contribution in [0.1, 0.15) is 13.3 Å². The van der Waals surface area contributed by atoms with Crippen LogP contribution in [0.3, 0.4) is 0 Å². The summed E-state index contributed by atoms with van der Waals surface area (Å²) in [7, 11) is 0. The van der Waals surface area contributed by atoms with E-state index in [9.17, 15) is 4.79 Å². The Morgan fingerprint density at radius 1 is 1.73 bits per heavy atom. The highest BCUT2D eigenvalue weighted by Crippen LogP contribution is 2.22. The van der Waals surface area contributed by atoms with Gasteiger partial charge in [-0.05, 0) is 19.9 Å². The minimum atomic E-state index is -0.226. The summed E-state index contributed by atoms with van der Waals surface area (Å²) in [5.41, 5.74) is -0.226. The van der Waals surface area contributed by atoms with E-state index in [0.29, 0.717) is 13.2 Å². The van der Waals surface area contributed by atoms with Crippen molar-refractivity contribution in [3.8, 4) is 0 Å². The molecule has 1 fully saturated rings. The maximum atomic E-state index is 10.7. The topological polar surface area (TPSA) is 38.3 Å². The molecule has 1 heterocycles. The summed E-state index contributed by atoms with van der Waals surface area (Å²) in [4.78, 5) is 10.7. The highest BCUT2D eigenvalue weighted by Gasteiger charge is 2.33. The standard InChI is InChI=1S/C8H15NO2/c1-2-11-7-8(6-10)3-4-9-5-8/h6,9H,2-5,7H2,1H3. The molecule has 1 aliphatic heterocycles. The van der Waals surface area contributed by atoms with E-state index in [4.69, 9.17) is 4.74 Å². The zero-order valence-corrected chi connectivity index (χ0v) is 6.93. The number of nitrogens with one attached hydrogen (secondary N) is 1. The minimum Gasteiger partial charge on any atom is -0.381 e. The molecule has 3 nitrogen and oxygen atoms in total. The third kappa shape index (κ3) is 2.01. The van der Waals surface area contributed by atoms with Crippen molar-refractivity contribution in [2.24, 2.45) is 5.41 Å². The molecule has 0 bridgehead atoms. The van der Waals surface area contributed by atoms with Crippen LogP contribution in [-0.2, 0) is 9.53 Å². The molecule has 1 atom stereocenters. The number of hydrogen-bond acceptors (Lipinski definition) is 3. The van der Waals surface area contributed by atoms with Gasteiger partial charge in [0.2, 0.25) is 0 Å². The van der Waals surface area contributed by atoms with Crippen LogP contribution in [-0.4, -0.2) is 32.6 Å². The smallest absolute Gasteiger partial charge is 0.129 e. The minimum absolute atomic E-state index is 0.226. The Hall–Kier alpha value is -0.410. The van der Waals surface area contributed by atoms with Crippen molar-refractivity contribution >= 4 is 6.29 Å². The summed E-state index contributed by atoms with van der Waals surface area (Å²) in [6, 6.07) is 0. The molecular formula is C8H15NO2. The summed E-state index contributed by atoms with van der Waals surface area (Å²) in [6.07, 6.45) is 1.94. The van der Waals surface area contributed by atoms with Gasteiger partial charge in [-0.1, -0.05) is 0 Å². The molecule has 1 saturated heterocycles. The second kappa shape index (κ2) is 3.83. The predicted molar refractivity (Wildman–Crippen MR) is 42.5 cm³/mol. The van der Waals surface area contributed by atoms with E-state index in [1.54, 1.807) is 0 Å². The van der Waals surface area contributed by atoms with Crippen LogP contribution < -0.4 is 5.32 Å². The second-order valence-corrected chi connectivity index (χ2v) is 3.04. The van der Waals surface area contributed by atoms with Crippen LogP contribution in [0.2, 0.25) is 0 Å². The summed E-state index contributed by atoms with van der Waals surface area (Å²) in [5.74, 6) is 0. The third-order valence-corrected chi connectivity index (χ3v) is 2.12. The molecule has 0 spiro atoms. The SMILES string of the molecule is CCOCC1(C=O)CCNC1. The third-order valence-electron chi connectivity index (χ3n) is 2.12. The Bertz CT molecular complexity index is 130. The zero-order chi connectivity index (χ0) is 8.16. The Balaban J connectivity index is 2.39. The Labute approximate surface area is 67.1 Å². The lowest BCUT2D eigenvalue weighted by Gasteiger charge is -2.19. The molecular weight excluding hydrogens is 142 g/mol. The first-order chi connectivity index (χ1) is 5.33. The van der Waals surface area contributed by atoms with Crippen molar-refractivity contribution in [1.82, 2.24) is 5.32 Å². The van der Waals surface area contributed by atoms with E-state index in [0.717, 1.165) is 25.8 Å². The maximum absolute atomic E-state index is 10.7. The van der Waals surface area contributed by atoms with E-state index in [2.05, 4.69) is 5.32 Å². The number of ether oxygens (including phenoxy) is 1. The average molecular weight is 157 g/mol. The summed E-state index contributed by atoms with van der Waals surface area (Å²) >= 11 is 0. The molecule has 1 aliphatic rings. The number of carbonyl (C=O) groups is 1. The summed E-state index contributed by atoms with van der Waals surface area (Å²) < 4.78 is 5.24. The molecule has 1 unspecified atom stereocenters. The van der Waals surface area contributed by atoms with Gasteiger partial charge in [-0.25, -0.2) is 0 Å². The molecule has 0 amide bonds. The highest BCUT2D eigenvalue weighted by molar-refractivity contribution is 5.60. The van der Waals surface area contributed by atoms with Crippen molar-refractivity contribution in [3.63, 3.8) is 0 Å². The van der Waals surface area contributed by atoms with Gasteiger partial charge in [0.1, 0.15) is 6.29 Å². The fourth-order valence-electron chi connectivity index (χ4n) is 1.33. The van der Waals surface area contributed by atoms with Gasteiger partial charge in [0.25, 0.3) is 0 Å². The van der Waals surface area contributed by atoms with E-state index in [1.165, 1.54) is 0 Å². The zero-order valence-electron chi connectivity index (χ0n) is 6.93. The van der Waals surface area contributed by atoms with Gasteiger partial charge in [-0.2, -0.15) is 0 Å². The van der Waals surface area contributed by atoms with E-state index < -0.39 is 0 Å². The van der Waals surface area contributed by atoms with Crippen LogP contribution in [0.25, 0.3) is 0 Å². The fraction of sp³-hybridized carbons (Fsp3) is 0.875. The van der Waals surface area contributed by atoms with Crippen LogP contribution in [0, 0.1) is 5.41 Å². The maximum Gasteiger partial charge on any atom is 0.129 e. The highest BCUT2D eigenvalue weighted by atomic mass is 16.5. The van der Waals surface area contributed by atoms with Gasteiger partial charge in [-0.3, -0.25) is 0 Å². The molecule has 0 aliphatic carbocycles. The molecule has 0 aromatic carbocycles. The number of carbonyl (C=O) groups excluding carboxylic acids is 1. The Morgan fingerprint density at radius 3 is 3.00 bits per heavy atom. The largest absolute Gasteiger partial charge is 0.381 e. The monoisotopic (exact) mass is 157 g/mol. The van der Waals surface area contributed by atoms with Crippen LogP contribution in [0.5, 0.6) is 0 Å². The number of hydrogen-bond donors (Lipinski definition) is 1. The quantitative estimate of drug-likeness (QED) is 0.592. The van der Waals surface area contributed by atoms with Crippen LogP contribution >= 0.6 is 0 Å². The molecule has 11 heavy (non-hydrogen) atoms. The number of aldehydes is 1. The lowest BCUT2D eigenvalue weighted by atomic mass is 9.90. The van der Waals surface area contributed by atoms with Gasteiger partial charge in [0.05, 0.1) is 12.0 Å². The molecule has 1 N–H and O–H groups in total.